The smallest absolute Gasteiger partial charge is 0.231 e. The number of halogens is 1. The second-order valence-corrected chi connectivity index (χ2v) is 8.21. The summed E-state index contributed by atoms with van der Waals surface area (Å²) in [5, 5.41) is 0.730. The van der Waals surface area contributed by atoms with Crippen molar-refractivity contribution in [1.29, 1.82) is 0 Å². The molecule has 3 aromatic carbocycles. The maximum Gasteiger partial charge on any atom is 0.231 e. The van der Waals surface area contributed by atoms with E-state index in [1.807, 2.05) is 24.3 Å². The standard InChI is InChI=1S/C25H24ClNO4/c1-28-22-12-17-8-9-27(14-16-6-7-21-24(10-16)31-15-30-21)25(20(17)13-23(22)29-2)18-4-3-5-19(26)11-18/h3-7,10-13,25H,8-9,14-15H2,1-2H3/t25-/m1/s1. The molecule has 0 spiro atoms. The molecule has 6 heteroatoms. The van der Waals surface area contributed by atoms with Crippen molar-refractivity contribution in [2.24, 2.45) is 0 Å². The van der Waals surface area contributed by atoms with Gasteiger partial charge in [-0.1, -0.05) is 29.8 Å². The zero-order valence-electron chi connectivity index (χ0n) is 17.6. The third-order valence-corrected chi connectivity index (χ3v) is 6.20. The summed E-state index contributed by atoms with van der Waals surface area (Å²) < 4.78 is 22.2. The van der Waals surface area contributed by atoms with E-state index in [0.29, 0.717) is 0 Å². The summed E-state index contributed by atoms with van der Waals surface area (Å²) in [6, 6.07) is 18.5. The van der Waals surface area contributed by atoms with Gasteiger partial charge in [0, 0.05) is 18.1 Å². The molecule has 5 rings (SSSR count). The molecule has 3 aromatic rings. The first-order valence-corrected chi connectivity index (χ1v) is 10.7. The van der Waals surface area contributed by atoms with Gasteiger partial charge in [0.2, 0.25) is 6.79 Å². The van der Waals surface area contributed by atoms with E-state index < -0.39 is 0 Å². The summed E-state index contributed by atoms with van der Waals surface area (Å²) in [7, 11) is 3.35. The molecule has 0 amide bonds. The molecule has 0 bridgehead atoms. The number of ether oxygens (including phenoxy) is 4. The molecule has 2 aliphatic rings. The van der Waals surface area contributed by atoms with E-state index in [0.717, 1.165) is 53.1 Å². The lowest BCUT2D eigenvalue weighted by Crippen LogP contribution is -2.35. The molecule has 0 aliphatic carbocycles. The average molecular weight is 438 g/mol. The predicted molar refractivity (Wildman–Crippen MR) is 120 cm³/mol. The Kier molecular flexibility index (Phi) is 5.38. The molecule has 0 N–H and O–H groups in total. The topological polar surface area (TPSA) is 40.2 Å². The largest absolute Gasteiger partial charge is 0.493 e. The van der Waals surface area contributed by atoms with Crippen LogP contribution < -0.4 is 18.9 Å². The monoisotopic (exact) mass is 437 g/mol. The van der Waals surface area contributed by atoms with E-state index in [1.165, 1.54) is 16.7 Å². The van der Waals surface area contributed by atoms with Crippen LogP contribution in [0, 0.1) is 0 Å². The molecule has 0 radical (unpaired) electrons. The molecule has 2 aliphatic heterocycles. The molecule has 2 heterocycles. The summed E-state index contributed by atoms with van der Waals surface area (Å²) in [6.45, 7) is 1.97. The van der Waals surface area contributed by atoms with E-state index in [1.54, 1.807) is 14.2 Å². The third kappa shape index (κ3) is 3.80. The van der Waals surface area contributed by atoms with Crippen molar-refractivity contribution in [1.82, 2.24) is 4.90 Å². The number of rotatable bonds is 5. The van der Waals surface area contributed by atoms with Gasteiger partial charge in [0.1, 0.15) is 0 Å². The van der Waals surface area contributed by atoms with E-state index in [-0.39, 0.29) is 12.8 Å². The van der Waals surface area contributed by atoms with Crippen LogP contribution in [0.5, 0.6) is 23.0 Å². The van der Waals surface area contributed by atoms with Crippen molar-refractivity contribution in [2.75, 3.05) is 27.6 Å². The summed E-state index contributed by atoms with van der Waals surface area (Å²) in [5.41, 5.74) is 4.82. The first kappa shape index (κ1) is 20.0. The van der Waals surface area contributed by atoms with Crippen molar-refractivity contribution in [3.05, 3.63) is 81.9 Å². The molecule has 0 fully saturated rings. The Morgan fingerprint density at radius 3 is 2.58 bits per heavy atom. The average Bonchev–Trinajstić information content (AvgIpc) is 3.26. The van der Waals surface area contributed by atoms with Crippen molar-refractivity contribution in [3.8, 4) is 23.0 Å². The van der Waals surface area contributed by atoms with Gasteiger partial charge in [0.15, 0.2) is 23.0 Å². The van der Waals surface area contributed by atoms with Gasteiger partial charge in [0.25, 0.3) is 0 Å². The highest BCUT2D eigenvalue weighted by molar-refractivity contribution is 6.30. The van der Waals surface area contributed by atoms with Gasteiger partial charge in [0.05, 0.1) is 20.3 Å². The van der Waals surface area contributed by atoms with Crippen LogP contribution in [-0.2, 0) is 13.0 Å². The van der Waals surface area contributed by atoms with Crippen LogP contribution in [0.1, 0.15) is 28.3 Å². The van der Waals surface area contributed by atoms with Crippen molar-refractivity contribution >= 4 is 11.6 Å². The fraction of sp³-hybridized carbons (Fsp3) is 0.280. The first-order valence-electron chi connectivity index (χ1n) is 10.3. The number of benzene rings is 3. The quantitative estimate of drug-likeness (QED) is 0.546. The number of nitrogens with zero attached hydrogens (tertiary/aromatic N) is 1. The molecule has 0 unspecified atom stereocenters. The Morgan fingerprint density at radius 1 is 0.968 bits per heavy atom. The Balaban J connectivity index is 1.56. The fourth-order valence-electron chi connectivity index (χ4n) is 4.51. The highest BCUT2D eigenvalue weighted by Gasteiger charge is 2.31. The van der Waals surface area contributed by atoms with Crippen LogP contribution in [0.4, 0.5) is 0 Å². The van der Waals surface area contributed by atoms with Gasteiger partial charge in [-0.2, -0.15) is 0 Å². The predicted octanol–water partition coefficient (Wildman–Crippen LogP) is 5.23. The normalized spacial score (nSPS) is 17.3. The van der Waals surface area contributed by atoms with Gasteiger partial charge >= 0.3 is 0 Å². The van der Waals surface area contributed by atoms with Crippen LogP contribution in [0.15, 0.2) is 54.6 Å². The van der Waals surface area contributed by atoms with Crippen LogP contribution in [-0.4, -0.2) is 32.5 Å². The number of methoxy groups -OCH3 is 2. The summed E-state index contributed by atoms with van der Waals surface area (Å²) in [5.74, 6) is 3.10. The van der Waals surface area contributed by atoms with Crippen LogP contribution >= 0.6 is 11.6 Å². The number of fused-ring (bicyclic) bond motifs is 2. The molecular weight excluding hydrogens is 414 g/mol. The van der Waals surface area contributed by atoms with Crippen molar-refractivity contribution in [3.63, 3.8) is 0 Å². The molecule has 160 valence electrons. The van der Waals surface area contributed by atoms with Crippen LogP contribution in [0.25, 0.3) is 0 Å². The lowest BCUT2D eigenvalue weighted by Gasteiger charge is -2.38. The molecule has 5 nitrogen and oxygen atoms in total. The third-order valence-electron chi connectivity index (χ3n) is 5.96. The second-order valence-electron chi connectivity index (χ2n) is 7.77. The van der Waals surface area contributed by atoms with Gasteiger partial charge < -0.3 is 18.9 Å². The maximum atomic E-state index is 6.38. The molecule has 0 aromatic heterocycles. The number of hydrogen-bond donors (Lipinski definition) is 0. The minimum atomic E-state index is 0.0488. The van der Waals surface area contributed by atoms with E-state index in [2.05, 4.69) is 35.2 Å². The van der Waals surface area contributed by atoms with E-state index in [4.69, 9.17) is 30.5 Å². The minimum Gasteiger partial charge on any atom is -0.493 e. The van der Waals surface area contributed by atoms with Crippen molar-refractivity contribution < 1.29 is 18.9 Å². The van der Waals surface area contributed by atoms with Crippen molar-refractivity contribution in [2.45, 2.75) is 19.0 Å². The van der Waals surface area contributed by atoms with Gasteiger partial charge in [-0.15, -0.1) is 0 Å². The van der Waals surface area contributed by atoms with E-state index in [9.17, 15) is 0 Å². The second kappa shape index (κ2) is 8.33. The summed E-state index contributed by atoms with van der Waals surface area (Å²) in [4.78, 5) is 2.47. The van der Waals surface area contributed by atoms with Gasteiger partial charge in [-0.3, -0.25) is 4.90 Å². The Bertz CT molecular complexity index is 1120. The number of hydrogen-bond acceptors (Lipinski definition) is 5. The Morgan fingerprint density at radius 2 is 1.77 bits per heavy atom. The van der Waals surface area contributed by atoms with Crippen LogP contribution in [0.2, 0.25) is 5.02 Å². The van der Waals surface area contributed by atoms with E-state index >= 15 is 0 Å². The summed E-state index contributed by atoms with van der Waals surface area (Å²) >= 11 is 6.38. The Hall–Kier alpha value is -2.89. The fourth-order valence-corrected chi connectivity index (χ4v) is 4.71. The molecular formula is C25H24ClNO4. The molecule has 31 heavy (non-hydrogen) atoms. The SMILES string of the molecule is COc1cc2c(cc1OC)[C@@H](c1cccc(Cl)c1)N(Cc1ccc3c(c1)OCO3)CC2. The minimum absolute atomic E-state index is 0.0488. The molecule has 1 atom stereocenters. The summed E-state index contributed by atoms with van der Waals surface area (Å²) in [6.07, 6.45) is 0.928. The highest BCUT2D eigenvalue weighted by atomic mass is 35.5. The van der Waals surface area contributed by atoms with Gasteiger partial charge in [-0.05, 0) is 65.1 Å². The lowest BCUT2D eigenvalue weighted by molar-refractivity contribution is 0.173. The highest BCUT2D eigenvalue weighted by Crippen LogP contribution is 2.42. The zero-order valence-corrected chi connectivity index (χ0v) is 18.3. The lowest BCUT2D eigenvalue weighted by atomic mass is 9.87. The van der Waals surface area contributed by atoms with Crippen LogP contribution in [0.3, 0.4) is 0 Å². The molecule has 0 saturated heterocycles. The Labute approximate surface area is 187 Å². The first-order chi connectivity index (χ1) is 15.2. The van der Waals surface area contributed by atoms with Gasteiger partial charge in [-0.25, -0.2) is 0 Å². The zero-order chi connectivity index (χ0) is 21.4. The molecule has 0 saturated carbocycles. The maximum absolute atomic E-state index is 6.38.